The van der Waals surface area contributed by atoms with E-state index in [1.807, 2.05) is 19.1 Å². The fourth-order valence-corrected chi connectivity index (χ4v) is 3.53. The quantitative estimate of drug-likeness (QED) is 0.699. The van der Waals surface area contributed by atoms with E-state index in [-0.39, 0.29) is 12.4 Å². The van der Waals surface area contributed by atoms with Crippen LogP contribution in [0.5, 0.6) is 0 Å². The lowest BCUT2D eigenvalue weighted by Crippen LogP contribution is -1.95. The Morgan fingerprint density at radius 1 is 1.10 bits per heavy atom. The Balaban J connectivity index is 0.00000161. The summed E-state index contributed by atoms with van der Waals surface area (Å²) in [5.41, 5.74) is 4.70. The molecule has 0 atom stereocenters. The smallest absolute Gasteiger partial charge is 0.188 e. The largest absolute Gasteiger partial charge is 0.316 e. The van der Waals surface area contributed by atoms with E-state index in [0.717, 1.165) is 22.2 Å². The first-order valence-corrected chi connectivity index (χ1v) is 8.10. The molecule has 0 fully saturated rings. The zero-order chi connectivity index (χ0) is 14.1. The Hall–Kier alpha value is -1.43. The molecular weight excluding hydrogens is 322 g/mol. The van der Waals surface area contributed by atoms with Gasteiger partial charge in [-0.3, -0.25) is 0 Å². The van der Waals surface area contributed by atoms with Crippen LogP contribution in [0.25, 0.3) is 11.3 Å². The van der Waals surface area contributed by atoms with Crippen molar-refractivity contribution in [3.05, 3.63) is 45.1 Å². The van der Waals surface area contributed by atoms with Gasteiger partial charge in [0.25, 0.3) is 0 Å². The van der Waals surface area contributed by atoms with Gasteiger partial charge in [-0.15, -0.1) is 35.1 Å². The van der Waals surface area contributed by atoms with E-state index in [0.29, 0.717) is 0 Å². The van der Waals surface area contributed by atoms with Crippen molar-refractivity contribution >= 4 is 46.0 Å². The van der Waals surface area contributed by atoms with E-state index in [1.54, 1.807) is 28.9 Å². The summed E-state index contributed by atoms with van der Waals surface area (Å²) < 4.78 is 0. The van der Waals surface area contributed by atoms with Gasteiger partial charge in [-0.05, 0) is 38.0 Å². The van der Waals surface area contributed by atoms with Crippen LogP contribution < -0.4 is 5.32 Å². The number of thiazole rings is 1. The lowest BCUT2D eigenvalue weighted by molar-refractivity contribution is 1.24. The van der Waals surface area contributed by atoms with Crippen LogP contribution in [0.3, 0.4) is 0 Å². The molecule has 6 heteroatoms. The van der Waals surface area contributed by atoms with E-state index < -0.39 is 0 Å². The molecule has 21 heavy (non-hydrogen) atoms. The van der Waals surface area contributed by atoms with Crippen LogP contribution in [0.4, 0.5) is 10.9 Å². The van der Waals surface area contributed by atoms with Gasteiger partial charge in [0.05, 0.1) is 5.69 Å². The number of aromatic nitrogens is 2. The SMILES string of the molecule is Cc1cccnc1Nc1nc(-c2csc(C)c2C)cs1.Cl. The van der Waals surface area contributed by atoms with Gasteiger partial charge in [0, 0.05) is 27.4 Å². The molecule has 0 radical (unpaired) electrons. The monoisotopic (exact) mass is 337 g/mol. The van der Waals surface area contributed by atoms with Crippen molar-refractivity contribution in [2.45, 2.75) is 20.8 Å². The predicted molar refractivity (Wildman–Crippen MR) is 94.4 cm³/mol. The second kappa shape index (κ2) is 6.56. The number of nitrogens with one attached hydrogen (secondary N) is 1. The summed E-state index contributed by atoms with van der Waals surface area (Å²) in [5.74, 6) is 0.867. The molecule has 0 aliphatic rings. The number of anilines is 2. The summed E-state index contributed by atoms with van der Waals surface area (Å²) >= 11 is 3.38. The Kier molecular flexibility index (Phi) is 4.98. The molecule has 0 aliphatic heterocycles. The van der Waals surface area contributed by atoms with E-state index in [1.165, 1.54) is 16.0 Å². The first-order chi connectivity index (χ1) is 9.65. The van der Waals surface area contributed by atoms with Gasteiger partial charge in [0.1, 0.15) is 5.82 Å². The fourth-order valence-electron chi connectivity index (χ4n) is 1.94. The van der Waals surface area contributed by atoms with E-state index in [4.69, 9.17) is 0 Å². The summed E-state index contributed by atoms with van der Waals surface area (Å²) in [6, 6.07) is 3.97. The third-order valence-electron chi connectivity index (χ3n) is 3.30. The fraction of sp³-hybridized carbons (Fsp3) is 0.200. The number of hydrogen-bond acceptors (Lipinski definition) is 5. The summed E-state index contributed by atoms with van der Waals surface area (Å²) in [5, 5.41) is 8.44. The van der Waals surface area contributed by atoms with Gasteiger partial charge in [-0.2, -0.15) is 0 Å². The first kappa shape index (κ1) is 15.9. The van der Waals surface area contributed by atoms with Crippen LogP contribution >= 0.6 is 35.1 Å². The molecule has 110 valence electrons. The highest BCUT2D eigenvalue weighted by Gasteiger charge is 2.11. The van der Waals surface area contributed by atoms with Crippen molar-refractivity contribution < 1.29 is 0 Å². The third kappa shape index (κ3) is 3.26. The highest BCUT2D eigenvalue weighted by molar-refractivity contribution is 7.14. The topological polar surface area (TPSA) is 37.8 Å². The lowest BCUT2D eigenvalue weighted by atomic mass is 10.1. The molecule has 3 nitrogen and oxygen atoms in total. The number of hydrogen-bond donors (Lipinski definition) is 1. The van der Waals surface area contributed by atoms with Gasteiger partial charge >= 0.3 is 0 Å². The number of nitrogens with zero attached hydrogens (tertiary/aromatic N) is 2. The maximum absolute atomic E-state index is 4.67. The van der Waals surface area contributed by atoms with Gasteiger partial charge in [0.15, 0.2) is 5.13 Å². The van der Waals surface area contributed by atoms with E-state index in [9.17, 15) is 0 Å². The zero-order valence-corrected chi connectivity index (χ0v) is 14.5. The highest BCUT2D eigenvalue weighted by Crippen LogP contribution is 2.33. The first-order valence-electron chi connectivity index (χ1n) is 6.34. The Morgan fingerprint density at radius 2 is 1.90 bits per heavy atom. The average molecular weight is 338 g/mol. The lowest BCUT2D eigenvalue weighted by Gasteiger charge is -2.04. The van der Waals surface area contributed by atoms with Crippen LogP contribution in [0.15, 0.2) is 29.1 Å². The summed E-state index contributed by atoms with van der Waals surface area (Å²) in [6.07, 6.45) is 1.79. The predicted octanol–water partition coefficient (Wildman–Crippen LogP) is 5.36. The Morgan fingerprint density at radius 3 is 2.57 bits per heavy atom. The molecule has 3 aromatic heterocycles. The van der Waals surface area contributed by atoms with Crippen molar-refractivity contribution in [3.8, 4) is 11.3 Å². The molecule has 0 spiro atoms. The molecule has 3 rings (SSSR count). The average Bonchev–Trinajstić information content (AvgIpc) is 3.01. The maximum Gasteiger partial charge on any atom is 0.188 e. The van der Waals surface area contributed by atoms with E-state index in [2.05, 4.69) is 39.9 Å². The van der Waals surface area contributed by atoms with Crippen LogP contribution in [-0.2, 0) is 0 Å². The molecule has 1 N–H and O–H groups in total. The number of aryl methyl sites for hydroxylation is 2. The molecule has 3 heterocycles. The minimum atomic E-state index is 0. The van der Waals surface area contributed by atoms with Crippen LogP contribution in [0, 0.1) is 20.8 Å². The second-order valence-corrected chi connectivity index (χ2v) is 6.60. The minimum absolute atomic E-state index is 0. The van der Waals surface area contributed by atoms with Gasteiger partial charge in [-0.25, -0.2) is 9.97 Å². The van der Waals surface area contributed by atoms with Gasteiger partial charge in [-0.1, -0.05) is 6.07 Å². The van der Waals surface area contributed by atoms with Crippen molar-refractivity contribution in [1.29, 1.82) is 0 Å². The minimum Gasteiger partial charge on any atom is -0.316 e. The number of thiophene rings is 1. The normalized spacial score (nSPS) is 10.2. The molecule has 0 aliphatic carbocycles. The van der Waals surface area contributed by atoms with Crippen molar-refractivity contribution in [2.24, 2.45) is 0 Å². The van der Waals surface area contributed by atoms with Crippen molar-refractivity contribution in [3.63, 3.8) is 0 Å². The second-order valence-electron chi connectivity index (χ2n) is 4.66. The zero-order valence-electron chi connectivity index (χ0n) is 12.0. The maximum atomic E-state index is 4.67. The number of rotatable bonds is 3. The molecule has 0 bridgehead atoms. The molecular formula is C15H16ClN3S2. The van der Waals surface area contributed by atoms with Crippen molar-refractivity contribution in [1.82, 2.24) is 9.97 Å². The van der Waals surface area contributed by atoms with Crippen LogP contribution in [0.1, 0.15) is 16.0 Å². The standard InChI is InChI=1S/C15H15N3S2.ClH/c1-9-5-4-6-16-14(9)18-15-17-13(8-20-15)12-7-19-11(3)10(12)2;/h4-8H,1-3H3,(H,16,17,18);1H. The number of halogens is 1. The van der Waals surface area contributed by atoms with Gasteiger partial charge in [0.2, 0.25) is 0 Å². The van der Waals surface area contributed by atoms with Crippen LogP contribution in [0.2, 0.25) is 0 Å². The Labute approximate surface area is 138 Å². The van der Waals surface area contributed by atoms with E-state index >= 15 is 0 Å². The molecule has 0 aromatic carbocycles. The molecule has 0 saturated carbocycles. The van der Waals surface area contributed by atoms with Crippen LogP contribution in [-0.4, -0.2) is 9.97 Å². The molecule has 3 aromatic rings. The molecule has 0 saturated heterocycles. The number of pyridine rings is 1. The third-order valence-corrected chi connectivity index (χ3v) is 5.07. The Bertz CT molecular complexity index is 749. The summed E-state index contributed by atoms with van der Waals surface area (Å²) in [6.45, 7) is 6.33. The highest BCUT2D eigenvalue weighted by atomic mass is 35.5. The van der Waals surface area contributed by atoms with Gasteiger partial charge < -0.3 is 5.32 Å². The summed E-state index contributed by atoms with van der Waals surface area (Å²) in [4.78, 5) is 10.4. The van der Waals surface area contributed by atoms with Crippen molar-refractivity contribution in [2.75, 3.05) is 5.32 Å². The summed E-state index contributed by atoms with van der Waals surface area (Å²) in [7, 11) is 0. The molecule has 0 amide bonds. The molecule has 0 unspecified atom stereocenters.